The van der Waals surface area contributed by atoms with E-state index in [-0.39, 0.29) is 0 Å². The van der Waals surface area contributed by atoms with E-state index in [0.717, 1.165) is 22.4 Å². The molecule has 4 aromatic carbocycles. The molecular weight excluding hydrogens is 512 g/mol. The van der Waals surface area contributed by atoms with Crippen LogP contribution in [0.15, 0.2) is 109 Å². The van der Waals surface area contributed by atoms with Gasteiger partial charge in [0.2, 0.25) is 0 Å². The third-order valence-corrected chi connectivity index (χ3v) is 8.24. The van der Waals surface area contributed by atoms with Crippen molar-refractivity contribution in [2.24, 2.45) is 0 Å². The molecule has 4 aromatic heterocycles. The van der Waals surface area contributed by atoms with Gasteiger partial charge in [0.05, 0.1) is 22.4 Å². The second-order valence-corrected chi connectivity index (χ2v) is 11.1. The number of H-pyrrole nitrogens is 2. The molecule has 204 valence electrons. The summed E-state index contributed by atoms with van der Waals surface area (Å²) in [6.07, 6.45) is 4.12. The molecule has 0 atom stereocenters. The molecule has 4 nitrogen and oxygen atoms in total. The van der Waals surface area contributed by atoms with Crippen LogP contribution in [-0.2, 0) is 0 Å². The number of nitrogens with zero attached hydrogens (tertiary/aromatic N) is 2. The average Bonchev–Trinajstić information content (AvgIpc) is 3.64. The second kappa shape index (κ2) is 10.3. The maximum atomic E-state index is 4.88. The lowest BCUT2D eigenvalue weighted by Gasteiger charge is -2.06. The van der Waals surface area contributed by atoms with Crippen molar-refractivity contribution in [2.45, 2.75) is 27.7 Å². The van der Waals surface area contributed by atoms with Crippen molar-refractivity contribution in [3.63, 3.8) is 0 Å². The lowest BCUT2D eigenvalue weighted by atomic mass is 10.0. The molecular formula is C38H32N4. The molecule has 4 heterocycles. The summed E-state index contributed by atoms with van der Waals surface area (Å²) in [5.41, 5.74) is 13.9. The number of rotatable bonds is 2. The summed E-state index contributed by atoms with van der Waals surface area (Å²) >= 11 is 0. The van der Waals surface area contributed by atoms with Gasteiger partial charge in [0.1, 0.15) is 0 Å². The topological polar surface area (TPSA) is 57.4 Å². The van der Waals surface area contributed by atoms with Gasteiger partial charge in [0, 0.05) is 56.1 Å². The largest absolute Gasteiger partial charge is 0.360 e. The third kappa shape index (κ3) is 4.42. The van der Waals surface area contributed by atoms with Crippen LogP contribution in [0.1, 0.15) is 22.3 Å². The first-order valence-electron chi connectivity index (χ1n) is 14.3. The van der Waals surface area contributed by atoms with Crippen molar-refractivity contribution in [2.75, 3.05) is 0 Å². The smallest absolute Gasteiger partial charge is 0.0738 e. The first kappa shape index (κ1) is 25.7. The summed E-state index contributed by atoms with van der Waals surface area (Å²) in [7, 11) is 0. The Balaban J connectivity index is 0.000000137. The predicted octanol–water partition coefficient (Wildman–Crippen LogP) is 10.00. The van der Waals surface area contributed by atoms with Gasteiger partial charge in [0.25, 0.3) is 0 Å². The molecule has 8 rings (SSSR count). The number of fused-ring (bicyclic) bond motifs is 4. The van der Waals surface area contributed by atoms with Crippen LogP contribution in [0.5, 0.6) is 0 Å². The Labute approximate surface area is 245 Å². The highest BCUT2D eigenvalue weighted by atomic mass is 14.7. The van der Waals surface area contributed by atoms with Crippen molar-refractivity contribution in [1.82, 2.24) is 19.9 Å². The fourth-order valence-corrected chi connectivity index (χ4v) is 5.97. The third-order valence-electron chi connectivity index (χ3n) is 8.24. The van der Waals surface area contributed by atoms with Crippen LogP contribution in [0.25, 0.3) is 66.1 Å². The summed E-state index contributed by atoms with van der Waals surface area (Å²) in [6, 6.07) is 33.8. The fraction of sp³-hybridized carbons (Fsp3) is 0.105. The van der Waals surface area contributed by atoms with Crippen molar-refractivity contribution in [1.29, 1.82) is 0 Å². The summed E-state index contributed by atoms with van der Waals surface area (Å²) < 4.78 is 0. The Morgan fingerprint density at radius 3 is 1.79 bits per heavy atom. The Morgan fingerprint density at radius 1 is 0.476 bits per heavy atom. The van der Waals surface area contributed by atoms with Crippen LogP contribution in [0.2, 0.25) is 0 Å². The van der Waals surface area contributed by atoms with E-state index in [1.54, 1.807) is 0 Å². The normalized spacial score (nSPS) is 11.3. The molecule has 42 heavy (non-hydrogen) atoms. The van der Waals surface area contributed by atoms with E-state index >= 15 is 0 Å². The van der Waals surface area contributed by atoms with Crippen molar-refractivity contribution < 1.29 is 0 Å². The zero-order valence-electron chi connectivity index (χ0n) is 24.3. The van der Waals surface area contributed by atoms with E-state index in [1.165, 1.54) is 66.0 Å². The van der Waals surface area contributed by atoms with Crippen LogP contribution < -0.4 is 0 Å². The number of aromatic nitrogens is 4. The lowest BCUT2D eigenvalue weighted by Crippen LogP contribution is -1.88. The number of hydrogen-bond donors (Lipinski definition) is 2. The van der Waals surface area contributed by atoms with Gasteiger partial charge in [0.15, 0.2) is 0 Å². The van der Waals surface area contributed by atoms with Gasteiger partial charge in [-0.3, -0.25) is 0 Å². The van der Waals surface area contributed by atoms with Crippen molar-refractivity contribution in [3.05, 3.63) is 132 Å². The Bertz CT molecular complexity index is 2250. The maximum absolute atomic E-state index is 4.88. The highest BCUT2D eigenvalue weighted by molar-refractivity contribution is 5.98. The molecule has 0 saturated heterocycles. The maximum Gasteiger partial charge on any atom is 0.0738 e. The molecule has 0 bridgehead atoms. The van der Waals surface area contributed by atoms with Crippen LogP contribution in [-0.4, -0.2) is 19.9 Å². The first-order chi connectivity index (χ1) is 20.5. The zero-order chi connectivity index (χ0) is 28.8. The van der Waals surface area contributed by atoms with Crippen LogP contribution in [0, 0.1) is 27.7 Å². The number of hydrogen-bond acceptors (Lipinski definition) is 2. The van der Waals surface area contributed by atoms with Gasteiger partial charge in [-0.15, -0.1) is 0 Å². The van der Waals surface area contributed by atoms with E-state index in [1.807, 2.05) is 6.07 Å². The molecule has 0 saturated carbocycles. The van der Waals surface area contributed by atoms with Crippen LogP contribution in [0.3, 0.4) is 0 Å². The molecule has 0 unspecified atom stereocenters. The lowest BCUT2D eigenvalue weighted by molar-refractivity contribution is 1.36. The minimum atomic E-state index is 1.02. The molecule has 0 amide bonds. The minimum Gasteiger partial charge on any atom is -0.360 e. The molecule has 0 aliphatic rings. The molecule has 4 heteroatoms. The van der Waals surface area contributed by atoms with Gasteiger partial charge in [-0.25, -0.2) is 9.97 Å². The van der Waals surface area contributed by atoms with Gasteiger partial charge in [-0.05, 0) is 68.1 Å². The minimum absolute atomic E-state index is 1.02. The summed E-state index contributed by atoms with van der Waals surface area (Å²) in [6.45, 7) is 8.51. The quantitative estimate of drug-likeness (QED) is 0.227. The van der Waals surface area contributed by atoms with Crippen LogP contribution >= 0.6 is 0 Å². The van der Waals surface area contributed by atoms with Gasteiger partial charge >= 0.3 is 0 Å². The number of para-hydroxylation sites is 4. The number of aromatic amines is 2. The SMILES string of the molecule is Cc1cc(-c2c[nH]c3c(C)cccc23)nc2ccccc12.Cc1cccc2ccc(-c3c[nH]c4c(C)cccc34)nc12. The molecule has 2 N–H and O–H groups in total. The van der Waals surface area contributed by atoms with Crippen molar-refractivity contribution in [3.8, 4) is 22.5 Å². The molecule has 0 radical (unpaired) electrons. The van der Waals surface area contributed by atoms with E-state index in [0.29, 0.717) is 0 Å². The first-order valence-corrected chi connectivity index (χ1v) is 14.3. The molecule has 8 aromatic rings. The second-order valence-electron chi connectivity index (χ2n) is 11.1. The molecule has 0 aliphatic heterocycles. The summed E-state index contributed by atoms with van der Waals surface area (Å²) in [5, 5.41) is 4.87. The summed E-state index contributed by atoms with van der Waals surface area (Å²) in [4.78, 5) is 16.5. The highest BCUT2D eigenvalue weighted by Gasteiger charge is 2.11. The van der Waals surface area contributed by atoms with E-state index in [2.05, 4.69) is 141 Å². The van der Waals surface area contributed by atoms with E-state index < -0.39 is 0 Å². The Morgan fingerprint density at radius 2 is 1.07 bits per heavy atom. The fourth-order valence-electron chi connectivity index (χ4n) is 5.97. The standard InChI is InChI=1S/2C19H16N2/c1-12-5-3-7-14-9-10-17(21-18(12)14)16-11-20-19-13(2)6-4-8-15(16)19;1-12-6-5-8-15-16(11-20-19(12)15)18-10-13(2)14-7-3-4-9-17(14)21-18/h2*3-11,20H,1-2H3. The van der Waals surface area contributed by atoms with Gasteiger partial charge < -0.3 is 9.97 Å². The number of pyridine rings is 2. The average molecular weight is 545 g/mol. The number of benzene rings is 4. The molecule has 0 fully saturated rings. The zero-order valence-corrected chi connectivity index (χ0v) is 24.3. The number of nitrogens with one attached hydrogen (secondary N) is 2. The summed E-state index contributed by atoms with van der Waals surface area (Å²) in [5.74, 6) is 0. The molecule has 0 aliphatic carbocycles. The van der Waals surface area contributed by atoms with E-state index in [9.17, 15) is 0 Å². The highest BCUT2D eigenvalue weighted by Crippen LogP contribution is 2.32. The number of aryl methyl sites for hydroxylation is 4. The Hall–Kier alpha value is -5.22. The van der Waals surface area contributed by atoms with E-state index in [4.69, 9.17) is 9.97 Å². The predicted molar refractivity (Wildman–Crippen MR) is 177 cm³/mol. The monoisotopic (exact) mass is 544 g/mol. The van der Waals surface area contributed by atoms with Gasteiger partial charge in [-0.2, -0.15) is 0 Å². The van der Waals surface area contributed by atoms with Crippen molar-refractivity contribution >= 4 is 43.6 Å². The van der Waals surface area contributed by atoms with Crippen LogP contribution in [0.4, 0.5) is 0 Å². The van der Waals surface area contributed by atoms with Gasteiger partial charge in [-0.1, -0.05) is 78.9 Å². The molecule has 0 spiro atoms. The Kier molecular flexibility index (Phi) is 6.32.